The molecule has 1 aliphatic heterocycles. The number of hydrogen-bond donors (Lipinski definition) is 0. The van der Waals surface area contributed by atoms with Gasteiger partial charge in [0.15, 0.2) is 5.78 Å². The number of rotatable bonds is 2. The van der Waals surface area contributed by atoms with Crippen molar-refractivity contribution in [2.45, 2.75) is 70.0 Å². The average molecular weight is 271 g/mol. The lowest BCUT2D eigenvalue weighted by atomic mass is 9.90. The molecule has 0 N–H and O–H groups in total. The fraction of sp³-hybridized carbons (Fsp3) is 0.611. The topological polar surface area (TPSA) is 20.3 Å². The molecule has 0 aromatic heterocycles. The first kappa shape index (κ1) is 13.8. The number of Topliss-reactive ketones (excluding diaryl/α,β-unsaturated/α-hetero) is 1. The Bertz CT molecular complexity index is 473. The second kappa shape index (κ2) is 5.33. The van der Waals surface area contributed by atoms with Gasteiger partial charge in [-0.2, -0.15) is 0 Å². The molecule has 1 aromatic rings. The van der Waals surface area contributed by atoms with Gasteiger partial charge >= 0.3 is 0 Å². The van der Waals surface area contributed by atoms with Crippen LogP contribution < -0.4 is 0 Å². The van der Waals surface area contributed by atoms with Crippen molar-refractivity contribution in [3.63, 3.8) is 0 Å². The largest absolute Gasteiger partial charge is 0.298 e. The normalized spacial score (nSPS) is 27.9. The van der Waals surface area contributed by atoms with Crippen LogP contribution in [0.2, 0.25) is 0 Å². The highest BCUT2D eigenvalue weighted by molar-refractivity contribution is 5.90. The van der Waals surface area contributed by atoms with E-state index in [1.54, 1.807) is 0 Å². The van der Waals surface area contributed by atoms with E-state index in [-0.39, 0.29) is 11.6 Å². The molecule has 0 bridgehead atoms. The molecule has 1 saturated heterocycles. The Hall–Kier alpha value is -1.15. The molecular weight excluding hydrogens is 246 g/mol. The van der Waals surface area contributed by atoms with E-state index >= 15 is 0 Å². The Morgan fingerprint density at radius 2 is 1.70 bits per heavy atom. The van der Waals surface area contributed by atoms with Gasteiger partial charge in [0, 0.05) is 18.5 Å². The maximum atomic E-state index is 12.5. The van der Waals surface area contributed by atoms with E-state index in [0.717, 1.165) is 0 Å². The standard InChI is InChI=1S/C18H25NO/c1-18(2)17(20)13-16(14-9-5-3-6-10-14)19(18)15-11-7-4-8-12-15/h3,5-6,9-10,15-16H,4,7-8,11-13H2,1-2H3. The number of benzene rings is 1. The van der Waals surface area contributed by atoms with Gasteiger partial charge in [0.2, 0.25) is 0 Å². The fourth-order valence-electron chi connectivity index (χ4n) is 4.08. The van der Waals surface area contributed by atoms with Crippen molar-refractivity contribution in [3.05, 3.63) is 35.9 Å². The average Bonchev–Trinajstić information content (AvgIpc) is 2.71. The third-order valence-electron chi connectivity index (χ3n) is 5.19. The van der Waals surface area contributed by atoms with E-state index in [2.05, 4.69) is 49.1 Å². The maximum absolute atomic E-state index is 12.5. The second-order valence-electron chi connectivity index (χ2n) is 6.81. The molecule has 3 rings (SSSR count). The summed E-state index contributed by atoms with van der Waals surface area (Å²) < 4.78 is 0. The molecule has 0 radical (unpaired) electrons. The molecule has 0 spiro atoms. The van der Waals surface area contributed by atoms with Crippen molar-refractivity contribution in [2.75, 3.05) is 0 Å². The first-order valence-electron chi connectivity index (χ1n) is 7.97. The van der Waals surface area contributed by atoms with Crippen LogP contribution in [0.5, 0.6) is 0 Å². The van der Waals surface area contributed by atoms with E-state index in [1.807, 2.05) is 0 Å². The summed E-state index contributed by atoms with van der Waals surface area (Å²) in [4.78, 5) is 15.0. The van der Waals surface area contributed by atoms with Gasteiger partial charge in [-0.3, -0.25) is 9.69 Å². The smallest absolute Gasteiger partial charge is 0.154 e. The van der Waals surface area contributed by atoms with Gasteiger partial charge in [0.05, 0.1) is 5.54 Å². The minimum Gasteiger partial charge on any atom is -0.298 e. The molecule has 0 amide bonds. The number of ketones is 1. The summed E-state index contributed by atoms with van der Waals surface area (Å²) in [5.41, 5.74) is 1.000. The monoisotopic (exact) mass is 271 g/mol. The van der Waals surface area contributed by atoms with Crippen molar-refractivity contribution in [1.29, 1.82) is 0 Å². The number of likely N-dealkylation sites (tertiary alicyclic amines) is 1. The third kappa shape index (κ3) is 2.31. The summed E-state index contributed by atoms with van der Waals surface area (Å²) in [6.07, 6.45) is 7.15. The number of nitrogens with zero attached hydrogens (tertiary/aromatic N) is 1. The van der Waals surface area contributed by atoms with Crippen LogP contribution in [0.25, 0.3) is 0 Å². The minimum absolute atomic E-state index is 0.279. The number of hydrogen-bond acceptors (Lipinski definition) is 2. The number of carbonyl (C=O) groups excluding carboxylic acids is 1. The Labute approximate surface area is 122 Å². The van der Waals surface area contributed by atoms with Gasteiger partial charge in [-0.05, 0) is 32.3 Å². The number of carbonyl (C=O) groups is 1. The maximum Gasteiger partial charge on any atom is 0.154 e. The van der Waals surface area contributed by atoms with Gasteiger partial charge in [0.25, 0.3) is 0 Å². The van der Waals surface area contributed by atoms with Crippen LogP contribution in [0.1, 0.15) is 64.0 Å². The van der Waals surface area contributed by atoms with Crippen LogP contribution >= 0.6 is 0 Å². The summed E-state index contributed by atoms with van der Waals surface area (Å²) in [7, 11) is 0. The zero-order chi connectivity index (χ0) is 14.2. The quantitative estimate of drug-likeness (QED) is 0.806. The molecule has 2 heteroatoms. The lowest BCUT2D eigenvalue weighted by Gasteiger charge is -2.42. The molecule has 1 unspecified atom stereocenters. The van der Waals surface area contributed by atoms with Gasteiger partial charge in [-0.15, -0.1) is 0 Å². The van der Waals surface area contributed by atoms with E-state index in [4.69, 9.17) is 0 Å². The molecule has 1 aliphatic carbocycles. The van der Waals surface area contributed by atoms with Crippen LogP contribution in [-0.4, -0.2) is 22.3 Å². The van der Waals surface area contributed by atoms with Crippen molar-refractivity contribution < 1.29 is 4.79 Å². The predicted octanol–water partition coefficient (Wildman–Crippen LogP) is 4.11. The van der Waals surface area contributed by atoms with E-state index < -0.39 is 0 Å². The summed E-state index contributed by atoms with van der Waals surface area (Å²) in [6.45, 7) is 4.24. The summed E-state index contributed by atoms with van der Waals surface area (Å²) in [5, 5.41) is 0. The Morgan fingerprint density at radius 3 is 2.35 bits per heavy atom. The molecule has 108 valence electrons. The minimum atomic E-state index is -0.303. The second-order valence-corrected chi connectivity index (χ2v) is 6.81. The molecule has 20 heavy (non-hydrogen) atoms. The first-order chi connectivity index (χ1) is 9.60. The first-order valence-corrected chi connectivity index (χ1v) is 7.97. The molecule has 2 fully saturated rings. The van der Waals surface area contributed by atoms with Gasteiger partial charge in [0.1, 0.15) is 0 Å². The lowest BCUT2D eigenvalue weighted by Crippen LogP contribution is -2.50. The van der Waals surface area contributed by atoms with E-state index in [0.29, 0.717) is 18.2 Å². The zero-order valence-corrected chi connectivity index (χ0v) is 12.6. The van der Waals surface area contributed by atoms with Gasteiger partial charge in [-0.25, -0.2) is 0 Å². The van der Waals surface area contributed by atoms with Crippen LogP contribution in [0.3, 0.4) is 0 Å². The Morgan fingerprint density at radius 1 is 1.05 bits per heavy atom. The van der Waals surface area contributed by atoms with Crippen LogP contribution in [-0.2, 0) is 4.79 Å². The molecule has 1 heterocycles. The molecule has 2 aliphatic rings. The van der Waals surface area contributed by atoms with E-state index in [9.17, 15) is 4.79 Å². The van der Waals surface area contributed by atoms with Gasteiger partial charge < -0.3 is 0 Å². The predicted molar refractivity (Wildman–Crippen MR) is 81.6 cm³/mol. The fourth-order valence-corrected chi connectivity index (χ4v) is 4.08. The van der Waals surface area contributed by atoms with Gasteiger partial charge in [-0.1, -0.05) is 49.6 Å². The summed E-state index contributed by atoms with van der Waals surface area (Å²) >= 11 is 0. The lowest BCUT2D eigenvalue weighted by molar-refractivity contribution is -0.124. The van der Waals surface area contributed by atoms with Crippen molar-refractivity contribution in [1.82, 2.24) is 4.90 Å². The van der Waals surface area contributed by atoms with Crippen LogP contribution in [0.15, 0.2) is 30.3 Å². The Kier molecular flexibility index (Phi) is 3.68. The van der Waals surface area contributed by atoms with Crippen molar-refractivity contribution in [2.24, 2.45) is 0 Å². The highest BCUT2D eigenvalue weighted by Crippen LogP contribution is 2.44. The SMILES string of the molecule is CC1(C)C(=O)CC(c2ccccc2)N1C1CCCCC1. The molecule has 1 aromatic carbocycles. The highest BCUT2D eigenvalue weighted by Gasteiger charge is 2.49. The third-order valence-corrected chi connectivity index (χ3v) is 5.19. The van der Waals surface area contributed by atoms with E-state index in [1.165, 1.54) is 37.7 Å². The van der Waals surface area contributed by atoms with Crippen molar-refractivity contribution in [3.8, 4) is 0 Å². The molecule has 2 nitrogen and oxygen atoms in total. The summed E-state index contributed by atoms with van der Waals surface area (Å²) in [5.74, 6) is 0.400. The molecular formula is C18H25NO. The zero-order valence-electron chi connectivity index (χ0n) is 12.6. The summed E-state index contributed by atoms with van der Waals surface area (Å²) in [6, 6.07) is 11.4. The molecule has 1 saturated carbocycles. The Balaban J connectivity index is 1.93. The highest BCUT2D eigenvalue weighted by atomic mass is 16.1. The van der Waals surface area contributed by atoms with Crippen LogP contribution in [0.4, 0.5) is 0 Å². The molecule has 1 atom stereocenters. The van der Waals surface area contributed by atoms with Crippen LogP contribution in [0, 0.1) is 0 Å². The van der Waals surface area contributed by atoms with Crippen molar-refractivity contribution >= 4 is 5.78 Å².